The topological polar surface area (TPSA) is 94.7 Å². The second kappa shape index (κ2) is 5.48. The Bertz CT molecular complexity index is 905. The Morgan fingerprint density at radius 1 is 1.39 bits per heavy atom. The molecule has 1 aromatic heterocycles. The largest absolute Gasteiger partial charge is 0.365 e. The van der Waals surface area contributed by atoms with Crippen LogP contribution in [-0.4, -0.2) is 24.0 Å². The van der Waals surface area contributed by atoms with Crippen molar-refractivity contribution in [2.45, 2.75) is 13.3 Å². The number of rotatable bonds is 2. The van der Waals surface area contributed by atoms with Crippen molar-refractivity contribution in [2.24, 2.45) is 5.73 Å². The van der Waals surface area contributed by atoms with Gasteiger partial charge in [-0.05, 0) is 25.5 Å². The molecule has 0 spiro atoms. The van der Waals surface area contributed by atoms with E-state index in [1.807, 2.05) is 6.07 Å². The van der Waals surface area contributed by atoms with Crippen LogP contribution in [-0.2, 0) is 0 Å². The van der Waals surface area contributed by atoms with Crippen LogP contribution in [0.25, 0.3) is 16.5 Å². The first-order valence-electron chi connectivity index (χ1n) is 7.10. The summed E-state index contributed by atoms with van der Waals surface area (Å²) in [6.45, 7) is 2.71. The zero-order chi connectivity index (χ0) is 16.7. The average Bonchev–Trinajstić information content (AvgIpc) is 2.84. The lowest BCUT2D eigenvalue weighted by molar-refractivity contribution is 0.0997. The first-order chi connectivity index (χ1) is 11.0. The molecule has 0 radical (unpaired) electrons. The van der Waals surface area contributed by atoms with Crippen molar-refractivity contribution < 1.29 is 13.6 Å². The van der Waals surface area contributed by atoms with Gasteiger partial charge in [-0.2, -0.15) is 5.26 Å². The van der Waals surface area contributed by atoms with Crippen LogP contribution in [0.5, 0.6) is 0 Å². The van der Waals surface area contributed by atoms with Crippen LogP contribution in [0.15, 0.2) is 6.08 Å². The molecule has 1 amide bonds. The SMILES string of the molecule is Cc1[nH]c2c(C(N)=O)c(F)c(F)c(C3=CCCNC3)c2c1C#N. The minimum Gasteiger partial charge on any atom is -0.365 e. The van der Waals surface area contributed by atoms with Gasteiger partial charge in [0.15, 0.2) is 11.6 Å². The molecule has 0 aliphatic carbocycles. The fourth-order valence-electron chi connectivity index (χ4n) is 3.01. The van der Waals surface area contributed by atoms with Crippen molar-refractivity contribution in [2.75, 3.05) is 13.1 Å². The summed E-state index contributed by atoms with van der Waals surface area (Å²) in [4.78, 5) is 14.4. The standard InChI is InChI=1S/C16H14F2N4O/c1-7-9(5-19)11-10(8-3-2-4-21-6-8)13(17)14(18)12(16(20)23)15(11)22-7/h3,21-22H,2,4,6H2,1H3,(H2,20,23). The fraction of sp³-hybridized carbons (Fsp3) is 0.250. The molecule has 0 saturated heterocycles. The molecule has 0 saturated carbocycles. The zero-order valence-corrected chi connectivity index (χ0v) is 12.4. The van der Waals surface area contributed by atoms with Crippen molar-refractivity contribution in [1.82, 2.24) is 10.3 Å². The number of nitrogens with one attached hydrogen (secondary N) is 2. The Hall–Kier alpha value is -2.72. The number of hydrogen-bond donors (Lipinski definition) is 3. The number of amides is 1. The van der Waals surface area contributed by atoms with Crippen LogP contribution in [0.2, 0.25) is 0 Å². The lowest BCUT2D eigenvalue weighted by Crippen LogP contribution is -2.23. The van der Waals surface area contributed by atoms with Gasteiger partial charge < -0.3 is 16.0 Å². The molecule has 2 heterocycles. The minimum absolute atomic E-state index is 0.00981. The number of nitrogens with zero attached hydrogens (tertiary/aromatic N) is 1. The molecule has 23 heavy (non-hydrogen) atoms. The third-order valence-electron chi connectivity index (χ3n) is 4.03. The van der Waals surface area contributed by atoms with E-state index in [4.69, 9.17) is 5.73 Å². The minimum atomic E-state index is -1.29. The third-order valence-corrected chi connectivity index (χ3v) is 4.03. The second-order valence-corrected chi connectivity index (χ2v) is 5.42. The zero-order valence-electron chi connectivity index (χ0n) is 12.4. The number of aromatic amines is 1. The Morgan fingerprint density at radius 2 is 2.13 bits per heavy atom. The maximum absolute atomic E-state index is 14.7. The van der Waals surface area contributed by atoms with E-state index in [-0.39, 0.29) is 22.0 Å². The maximum atomic E-state index is 14.7. The number of carbonyl (C=O) groups is 1. The van der Waals surface area contributed by atoms with E-state index in [0.29, 0.717) is 24.2 Å². The number of H-pyrrole nitrogens is 1. The predicted octanol–water partition coefficient (Wildman–Crippen LogP) is 2.10. The number of hydrogen-bond acceptors (Lipinski definition) is 3. The quantitative estimate of drug-likeness (QED) is 0.792. The molecule has 1 aliphatic heterocycles. The lowest BCUT2D eigenvalue weighted by atomic mass is 9.93. The summed E-state index contributed by atoms with van der Waals surface area (Å²) in [5.41, 5.74) is 5.89. The van der Waals surface area contributed by atoms with Crippen molar-refractivity contribution in [1.29, 1.82) is 5.26 Å². The summed E-state index contributed by atoms with van der Waals surface area (Å²) in [6.07, 6.45) is 2.47. The number of fused-ring (bicyclic) bond motifs is 1. The van der Waals surface area contributed by atoms with Crippen molar-refractivity contribution in [3.63, 3.8) is 0 Å². The van der Waals surface area contributed by atoms with Crippen LogP contribution in [0.1, 0.15) is 33.6 Å². The van der Waals surface area contributed by atoms with Crippen LogP contribution >= 0.6 is 0 Å². The van der Waals surface area contributed by atoms with Gasteiger partial charge in [0, 0.05) is 23.2 Å². The summed E-state index contributed by atoms with van der Waals surface area (Å²) >= 11 is 0. The molecule has 0 unspecified atom stereocenters. The molecule has 0 atom stereocenters. The molecule has 7 heteroatoms. The van der Waals surface area contributed by atoms with Crippen LogP contribution in [0, 0.1) is 29.9 Å². The molecule has 1 aromatic carbocycles. The molecule has 2 aromatic rings. The first kappa shape index (κ1) is 15.2. The summed E-state index contributed by atoms with van der Waals surface area (Å²) < 4.78 is 29.1. The molecule has 1 aliphatic rings. The van der Waals surface area contributed by atoms with Gasteiger partial charge in [0.1, 0.15) is 11.6 Å². The monoisotopic (exact) mass is 316 g/mol. The number of aryl methyl sites for hydroxylation is 1. The highest BCUT2D eigenvalue weighted by molar-refractivity contribution is 6.10. The van der Waals surface area contributed by atoms with Crippen molar-refractivity contribution >= 4 is 22.4 Å². The van der Waals surface area contributed by atoms with Crippen molar-refractivity contribution in [3.05, 3.63) is 40.1 Å². The summed E-state index contributed by atoms with van der Waals surface area (Å²) in [7, 11) is 0. The van der Waals surface area contributed by atoms with E-state index in [2.05, 4.69) is 10.3 Å². The Morgan fingerprint density at radius 3 is 2.70 bits per heavy atom. The maximum Gasteiger partial charge on any atom is 0.253 e. The second-order valence-electron chi connectivity index (χ2n) is 5.42. The molecule has 5 nitrogen and oxygen atoms in total. The highest BCUT2D eigenvalue weighted by atomic mass is 19.2. The first-order valence-corrected chi connectivity index (χ1v) is 7.10. The average molecular weight is 316 g/mol. The Labute approximate surface area is 130 Å². The van der Waals surface area contributed by atoms with Gasteiger partial charge in [-0.15, -0.1) is 0 Å². The molecule has 0 fully saturated rings. The summed E-state index contributed by atoms with van der Waals surface area (Å²) in [5, 5.41) is 12.7. The third kappa shape index (κ3) is 2.19. The number of benzene rings is 1. The van der Waals surface area contributed by atoms with E-state index in [1.165, 1.54) is 0 Å². The molecule has 0 bridgehead atoms. The molecule has 118 valence electrons. The van der Waals surface area contributed by atoms with Gasteiger partial charge in [-0.3, -0.25) is 4.79 Å². The van der Waals surface area contributed by atoms with Crippen LogP contribution in [0.4, 0.5) is 8.78 Å². The van der Waals surface area contributed by atoms with E-state index in [1.54, 1.807) is 13.0 Å². The summed E-state index contributed by atoms with van der Waals surface area (Å²) in [5.74, 6) is -3.53. The van der Waals surface area contributed by atoms with Crippen LogP contribution in [0.3, 0.4) is 0 Å². The summed E-state index contributed by atoms with van der Waals surface area (Å²) in [6, 6.07) is 1.99. The van der Waals surface area contributed by atoms with Crippen molar-refractivity contribution in [3.8, 4) is 6.07 Å². The van der Waals surface area contributed by atoms with Gasteiger partial charge >= 0.3 is 0 Å². The van der Waals surface area contributed by atoms with Gasteiger partial charge in [-0.25, -0.2) is 8.78 Å². The Kier molecular flexibility index (Phi) is 3.62. The molecule has 3 rings (SSSR count). The number of nitrogens with two attached hydrogens (primary N) is 1. The number of halogens is 2. The highest BCUT2D eigenvalue weighted by Gasteiger charge is 2.28. The van der Waals surface area contributed by atoms with E-state index >= 15 is 0 Å². The Balaban J connectivity index is 2.51. The van der Waals surface area contributed by atoms with E-state index in [0.717, 1.165) is 6.54 Å². The van der Waals surface area contributed by atoms with E-state index < -0.39 is 23.1 Å². The molecular formula is C16H14F2N4O. The number of aromatic nitrogens is 1. The fourth-order valence-corrected chi connectivity index (χ4v) is 3.01. The van der Waals surface area contributed by atoms with Crippen LogP contribution < -0.4 is 11.1 Å². The van der Waals surface area contributed by atoms with Gasteiger partial charge in [0.05, 0.1) is 11.1 Å². The normalized spacial score (nSPS) is 14.6. The number of carbonyl (C=O) groups excluding carboxylic acids is 1. The van der Waals surface area contributed by atoms with Gasteiger partial charge in [0.25, 0.3) is 5.91 Å². The van der Waals surface area contributed by atoms with Gasteiger partial charge in [0.2, 0.25) is 0 Å². The number of nitriles is 1. The smallest absolute Gasteiger partial charge is 0.253 e. The van der Waals surface area contributed by atoms with Gasteiger partial charge in [-0.1, -0.05) is 6.08 Å². The number of primary amides is 1. The lowest BCUT2D eigenvalue weighted by Gasteiger charge is -2.17. The predicted molar refractivity (Wildman–Crippen MR) is 81.6 cm³/mol. The molecular weight excluding hydrogens is 302 g/mol. The van der Waals surface area contributed by atoms with E-state index in [9.17, 15) is 18.8 Å². The highest BCUT2D eigenvalue weighted by Crippen LogP contribution is 2.36. The molecule has 4 N–H and O–H groups in total.